The van der Waals surface area contributed by atoms with Gasteiger partial charge in [-0.05, 0) is 35.9 Å². The summed E-state index contributed by atoms with van der Waals surface area (Å²) in [6.45, 7) is 2.81. The van der Waals surface area contributed by atoms with E-state index in [0.717, 1.165) is 22.5 Å². The van der Waals surface area contributed by atoms with E-state index in [1.54, 1.807) is 49.1 Å². The molecule has 0 spiro atoms. The van der Waals surface area contributed by atoms with Crippen molar-refractivity contribution in [2.45, 2.75) is 32.1 Å². The van der Waals surface area contributed by atoms with Crippen molar-refractivity contribution < 1.29 is 22.9 Å². The standard InChI is InChI=1S/C27H29F2N7O2/c1-5-27(28,29)18-36(3,4)26(37)34-22-9-6-8-21(14-22)23-17-32-24-15-20(10-13-35(23)24)19(2)16-33-38-25-30-11-7-12-31-25/h6-17,19H,5,18H2,1-4H3/p+1/b33-16-. The van der Waals surface area contributed by atoms with E-state index in [-0.39, 0.29) is 18.3 Å². The van der Waals surface area contributed by atoms with Gasteiger partial charge in [-0.25, -0.2) is 33.0 Å². The van der Waals surface area contributed by atoms with E-state index in [4.69, 9.17) is 4.84 Å². The van der Waals surface area contributed by atoms with Crippen molar-refractivity contribution >= 4 is 23.6 Å². The number of aromatic nitrogens is 4. The van der Waals surface area contributed by atoms with Crippen molar-refractivity contribution in [1.29, 1.82) is 0 Å². The van der Waals surface area contributed by atoms with Crippen molar-refractivity contribution in [3.8, 4) is 17.3 Å². The van der Waals surface area contributed by atoms with Crippen LogP contribution in [0.1, 0.15) is 31.7 Å². The highest BCUT2D eigenvalue weighted by Gasteiger charge is 2.40. The molecule has 4 rings (SSSR count). The van der Waals surface area contributed by atoms with E-state index in [9.17, 15) is 13.6 Å². The van der Waals surface area contributed by atoms with Crippen LogP contribution in [0.25, 0.3) is 16.9 Å². The Morgan fingerprint density at radius 1 is 1.18 bits per heavy atom. The lowest BCUT2D eigenvalue weighted by molar-refractivity contribution is -0.816. The minimum absolute atomic E-state index is 0.0519. The summed E-state index contributed by atoms with van der Waals surface area (Å²) in [5.41, 5.74) is 3.87. The van der Waals surface area contributed by atoms with Gasteiger partial charge in [-0.3, -0.25) is 9.72 Å². The molecule has 0 bridgehead atoms. The highest BCUT2D eigenvalue weighted by Crippen LogP contribution is 2.27. The molecule has 1 atom stereocenters. The summed E-state index contributed by atoms with van der Waals surface area (Å²) in [4.78, 5) is 30.4. The molecule has 38 heavy (non-hydrogen) atoms. The van der Waals surface area contributed by atoms with Gasteiger partial charge in [0.15, 0.2) is 6.54 Å². The van der Waals surface area contributed by atoms with Crippen molar-refractivity contribution in [3.05, 3.63) is 72.8 Å². The summed E-state index contributed by atoms with van der Waals surface area (Å²) in [5, 5.41) is 6.74. The number of halogens is 2. The van der Waals surface area contributed by atoms with E-state index in [1.807, 2.05) is 35.7 Å². The molecule has 1 unspecified atom stereocenters. The van der Waals surface area contributed by atoms with Gasteiger partial charge in [0.2, 0.25) is 0 Å². The molecule has 3 aromatic heterocycles. The maximum Gasteiger partial charge on any atom is 0.420 e. The molecule has 0 saturated carbocycles. The Hall–Kier alpha value is -4.25. The summed E-state index contributed by atoms with van der Waals surface area (Å²) in [7, 11) is 2.94. The molecule has 0 aliphatic carbocycles. The third-order valence-electron chi connectivity index (χ3n) is 6.13. The van der Waals surface area contributed by atoms with E-state index in [0.29, 0.717) is 5.69 Å². The molecule has 198 valence electrons. The minimum atomic E-state index is -2.93. The number of fused-ring (bicyclic) bond motifs is 1. The Balaban J connectivity index is 1.49. The van der Waals surface area contributed by atoms with Crippen LogP contribution in [0, 0.1) is 0 Å². The lowest BCUT2D eigenvalue weighted by atomic mass is 10.0. The number of urea groups is 1. The maximum atomic E-state index is 13.9. The second-order valence-electron chi connectivity index (χ2n) is 9.56. The Bertz CT molecular complexity index is 1440. The van der Waals surface area contributed by atoms with Crippen LogP contribution in [0.4, 0.5) is 19.3 Å². The predicted molar refractivity (Wildman–Crippen MR) is 141 cm³/mol. The zero-order valence-corrected chi connectivity index (χ0v) is 21.7. The fourth-order valence-corrected chi connectivity index (χ4v) is 3.87. The van der Waals surface area contributed by atoms with E-state index >= 15 is 0 Å². The fourth-order valence-electron chi connectivity index (χ4n) is 3.87. The predicted octanol–water partition coefficient (Wildman–Crippen LogP) is 5.61. The van der Waals surface area contributed by atoms with Crippen molar-refractivity contribution in [3.63, 3.8) is 0 Å². The molecule has 3 heterocycles. The van der Waals surface area contributed by atoms with Gasteiger partial charge in [-0.1, -0.05) is 31.1 Å². The fraction of sp³-hybridized carbons (Fsp3) is 0.296. The number of nitrogens with one attached hydrogen (secondary N) is 1. The Labute approximate surface area is 219 Å². The van der Waals surface area contributed by atoms with E-state index in [2.05, 4.69) is 25.4 Å². The first-order valence-corrected chi connectivity index (χ1v) is 12.2. The number of oxime groups is 1. The molecule has 0 saturated heterocycles. The molecule has 11 heteroatoms. The molecular weight excluding hydrogens is 492 g/mol. The number of carbonyl (C=O) groups excluding carboxylic acids is 1. The van der Waals surface area contributed by atoms with Crippen molar-refractivity contribution in [1.82, 2.24) is 19.4 Å². The Kier molecular flexibility index (Phi) is 7.77. The molecule has 2 amide bonds. The van der Waals surface area contributed by atoms with E-state index < -0.39 is 23.0 Å². The zero-order chi connectivity index (χ0) is 27.3. The highest BCUT2D eigenvalue weighted by molar-refractivity contribution is 5.85. The lowest BCUT2D eigenvalue weighted by Gasteiger charge is -2.30. The third-order valence-corrected chi connectivity index (χ3v) is 6.13. The molecule has 0 fully saturated rings. The zero-order valence-electron chi connectivity index (χ0n) is 21.7. The van der Waals surface area contributed by atoms with Gasteiger partial charge in [-0.2, -0.15) is 0 Å². The van der Waals surface area contributed by atoms with Crippen LogP contribution >= 0.6 is 0 Å². The molecule has 0 aliphatic heterocycles. The molecule has 1 aromatic carbocycles. The second kappa shape index (κ2) is 11.0. The number of nitrogens with zero attached hydrogens (tertiary/aromatic N) is 6. The van der Waals surface area contributed by atoms with Crippen LogP contribution < -0.4 is 10.2 Å². The van der Waals surface area contributed by atoms with Gasteiger partial charge in [0, 0.05) is 42.2 Å². The van der Waals surface area contributed by atoms with Crippen LogP contribution in [-0.2, 0) is 0 Å². The summed E-state index contributed by atoms with van der Waals surface area (Å²) >= 11 is 0. The molecule has 0 radical (unpaired) electrons. The number of benzene rings is 1. The van der Waals surface area contributed by atoms with Crippen molar-refractivity contribution in [2.75, 3.05) is 26.0 Å². The summed E-state index contributed by atoms with van der Waals surface area (Å²) in [5.74, 6) is -2.98. The number of amides is 2. The van der Waals surface area contributed by atoms with Gasteiger partial charge in [0.1, 0.15) is 5.65 Å². The smallest absolute Gasteiger partial charge is 0.315 e. The first-order chi connectivity index (χ1) is 18.1. The van der Waals surface area contributed by atoms with Crippen LogP contribution in [0.3, 0.4) is 0 Å². The van der Waals surface area contributed by atoms with E-state index in [1.165, 1.54) is 21.0 Å². The van der Waals surface area contributed by atoms with Gasteiger partial charge >= 0.3 is 12.0 Å². The average molecular weight is 523 g/mol. The molecular formula is C27H30F2N7O2+. The SMILES string of the molecule is CCC(F)(F)C[N+](C)(C)C(=O)Nc1cccc(-c2cnc3cc(C(C)/C=N\Oc4ncccn4)ccn23)c1. The second-order valence-corrected chi connectivity index (χ2v) is 9.56. The number of imidazole rings is 1. The lowest BCUT2D eigenvalue weighted by Crippen LogP contribution is -2.54. The van der Waals surface area contributed by atoms with Crippen LogP contribution in [0.5, 0.6) is 6.01 Å². The monoisotopic (exact) mass is 522 g/mol. The number of anilines is 1. The normalized spacial score (nSPS) is 13.1. The first-order valence-electron chi connectivity index (χ1n) is 12.2. The van der Waals surface area contributed by atoms with Gasteiger partial charge in [0.25, 0.3) is 5.92 Å². The van der Waals surface area contributed by atoms with Gasteiger partial charge < -0.3 is 4.84 Å². The largest absolute Gasteiger partial charge is 0.420 e. The number of carbonyl (C=O) groups is 1. The van der Waals surface area contributed by atoms with Crippen LogP contribution in [0.15, 0.2) is 72.4 Å². The van der Waals surface area contributed by atoms with Crippen LogP contribution in [0.2, 0.25) is 0 Å². The summed E-state index contributed by atoms with van der Waals surface area (Å²) < 4.78 is 29.3. The first kappa shape index (κ1) is 26.8. The Morgan fingerprint density at radius 3 is 2.68 bits per heavy atom. The third kappa shape index (κ3) is 6.35. The molecule has 9 nitrogen and oxygen atoms in total. The summed E-state index contributed by atoms with van der Waals surface area (Å²) in [6, 6.07) is 12.5. The number of rotatable bonds is 9. The molecule has 1 N–H and O–H groups in total. The Morgan fingerprint density at radius 2 is 1.95 bits per heavy atom. The molecule has 4 aromatic rings. The topological polar surface area (TPSA) is 93.8 Å². The number of quaternary nitrogens is 1. The maximum absolute atomic E-state index is 13.9. The van der Waals surface area contributed by atoms with Gasteiger partial charge in [0.05, 0.1) is 32.2 Å². The molecule has 0 aliphatic rings. The summed E-state index contributed by atoms with van der Waals surface area (Å²) in [6.07, 6.45) is 8.14. The minimum Gasteiger partial charge on any atom is -0.315 e. The number of alkyl halides is 2. The quantitative estimate of drug-likeness (QED) is 0.175. The van der Waals surface area contributed by atoms with Gasteiger partial charge in [-0.15, -0.1) is 0 Å². The number of pyridine rings is 1. The van der Waals surface area contributed by atoms with Crippen molar-refractivity contribution in [2.24, 2.45) is 5.16 Å². The average Bonchev–Trinajstić information content (AvgIpc) is 3.32. The number of hydrogen-bond donors (Lipinski definition) is 1. The highest BCUT2D eigenvalue weighted by atomic mass is 19.3. The number of hydrogen-bond acceptors (Lipinski definition) is 6. The van der Waals surface area contributed by atoms with Crippen LogP contribution in [-0.4, -0.2) is 62.6 Å².